The van der Waals surface area contributed by atoms with Gasteiger partial charge in [0.1, 0.15) is 5.78 Å². The summed E-state index contributed by atoms with van der Waals surface area (Å²) >= 11 is 0. The molecule has 3 rings (SSSR count). The fraction of sp³-hybridized carbons (Fsp3) is 0.882. The van der Waals surface area contributed by atoms with Crippen LogP contribution in [0.15, 0.2) is 0 Å². The summed E-state index contributed by atoms with van der Waals surface area (Å²) in [5.41, 5.74) is 0.502. The number of carbonyl (C=O) groups excluding carboxylic acids is 2. The van der Waals surface area contributed by atoms with Gasteiger partial charge in [0.05, 0.1) is 0 Å². The highest BCUT2D eigenvalue weighted by atomic mass is 16.2. The summed E-state index contributed by atoms with van der Waals surface area (Å²) in [6.45, 7) is 6.10. The number of Topliss-reactive ketones (excluding diaryl/α,β-unsaturated/α-hetero) is 1. The van der Waals surface area contributed by atoms with Crippen molar-refractivity contribution in [2.45, 2.75) is 51.9 Å². The molecule has 2 aliphatic heterocycles. The van der Waals surface area contributed by atoms with E-state index in [1.807, 2.05) is 6.92 Å². The minimum absolute atomic E-state index is 0.180. The van der Waals surface area contributed by atoms with Gasteiger partial charge < -0.3 is 10.2 Å². The van der Waals surface area contributed by atoms with Gasteiger partial charge in [0.2, 0.25) is 5.91 Å². The van der Waals surface area contributed by atoms with Crippen molar-refractivity contribution in [3.8, 4) is 0 Å². The number of hydrogen-bond donors (Lipinski definition) is 1. The molecule has 1 amide bonds. The maximum atomic E-state index is 12.6. The quantitative estimate of drug-likeness (QED) is 0.865. The highest BCUT2D eigenvalue weighted by molar-refractivity contribution is 5.82. The molecule has 0 aromatic heterocycles. The van der Waals surface area contributed by atoms with Crippen molar-refractivity contribution in [1.82, 2.24) is 10.2 Å². The Bertz CT molecular complexity index is 399. The van der Waals surface area contributed by atoms with Gasteiger partial charge in [-0.15, -0.1) is 0 Å². The van der Waals surface area contributed by atoms with Gasteiger partial charge in [0.15, 0.2) is 0 Å². The van der Waals surface area contributed by atoms with Gasteiger partial charge in [-0.25, -0.2) is 0 Å². The molecular formula is C17H28N2O2. The van der Waals surface area contributed by atoms with Gasteiger partial charge in [-0.2, -0.15) is 0 Å². The first-order chi connectivity index (χ1) is 10.1. The number of nitrogens with one attached hydrogen (secondary N) is 1. The minimum Gasteiger partial charge on any atom is -0.342 e. The Morgan fingerprint density at radius 2 is 1.62 bits per heavy atom. The number of carbonyl (C=O) groups is 2. The van der Waals surface area contributed by atoms with Crippen LogP contribution in [0.3, 0.4) is 0 Å². The zero-order valence-electron chi connectivity index (χ0n) is 13.2. The van der Waals surface area contributed by atoms with Gasteiger partial charge in [-0.3, -0.25) is 9.59 Å². The molecule has 0 bridgehead atoms. The van der Waals surface area contributed by atoms with Crippen LogP contribution in [0.4, 0.5) is 0 Å². The first kappa shape index (κ1) is 15.0. The van der Waals surface area contributed by atoms with Crippen LogP contribution in [0.2, 0.25) is 0 Å². The average Bonchev–Trinajstić information content (AvgIpc) is 2.52. The molecule has 2 saturated heterocycles. The van der Waals surface area contributed by atoms with Crippen molar-refractivity contribution < 1.29 is 9.59 Å². The fourth-order valence-electron chi connectivity index (χ4n) is 4.24. The molecule has 118 valence electrons. The lowest BCUT2D eigenvalue weighted by Crippen LogP contribution is -2.59. The molecule has 0 aromatic rings. The molecule has 4 nitrogen and oxygen atoms in total. The van der Waals surface area contributed by atoms with Crippen LogP contribution in [0.5, 0.6) is 0 Å². The maximum absolute atomic E-state index is 12.6. The van der Waals surface area contributed by atoms with E-state index in [-0.39, 0.29) is 11.8 Å². The summed E-state index contributed by atoms with van der Waals surface area (Å²) in [6.07, 6.45) is 6.64. The SMILES string of the molecule is CCC(=O)C1CCC(C(=O)N2CCC3(CC2)CNC3)CC1. The topological polar surface area (TPSA) is 49.4 Å². The molecule has 0 unspecified atom stereocenters. The Morgan fingerprint density at radius 1 is 1.05 bits per heavy atom. The van der Waals surface area contributed by atoms with Crippen molar-refractivity contribution in [3.05, 3.63) is 0 Å². The molecule has 1 N–H and O–H groups in total. The summed E-state index contributed by atoms with van der Waals surface area (Å²) in [4.78, 5) is 26.5. The molecule has 0 atom stereocenters. The minimum atomic E-state index is 0.180. The van der Waals surface area contributed by atoms with Crippen molar-refractivity contribution in [2.24, 2.45) is 17.3 Å². The van der Waals surface area contributed by atoms with E-state index in [2.05, 4.69) is 10.2 Å². The molecule has 0 aromatic carbocycles. The number of hydrogen-bond acceptors (Lipinski definition) is 3. The summed E-state index contributed by atoms with van der Waals surface area (Å²) in [5, 5.41) is 3.36. The Balaban J connectivity index is 1.47. The zero-order chi connectivity index (χ0) is 14.9. The molecule has 1 spiro atoms. The second-order valence-electron chi connectivity index (χ2n) is 7.30. The lowest BCUT2D eigenvalue weighted by molar-refractivity contribution is -0.140. The van der Waals surface area contributed by atoms with E-state index >= 15 is 0 Å². The molecule has 3 fully saturated rings. The highest BCUT2D eigenvalue weighted by Gasteiger charge is 2.41. The lowest BCUT2D eigenvalue weighted by Gasteiger charge is -2.49. The molecule has 0 radical (unpaired) electrons. The Kier molecular flexibility index (Phi) is 4.34. The Labute approximate surface area is 127 Å². The van der Waals surface area contributed by atoms with Crippen molar-refractivity contribution >= 4 is 11.7 Å². The van der Waals surface area contributed by atoms with E-state index in [0.717, 1.165) is 64.7 Å². The van der Waals surface area contributed by atoms with Crippen molar-refractivity contribution in [2.75, 3.05) is 26.2 Å². The molecule has 1 aliphatic carbocycles. The lowest BCUT2D eigenvalue weighted by atomic mass is 9.73. The number of ketones is 1. The molecule has 2 heterocycles. The monoisotopic (exact) mass is 292 g/mol. The number of piperidine rings is 1. The Hall–Kier alpha value is -0.900. The van der Waals surface area contributed by atoms with E-state index < -0.39 is 0 Å². The molecule has 1 saturated carbocycles. The van der Waals surface area contributed by atoms with Gasteiger partial charge in [-0.05, 0) is 43.9 Å². The molecule has 4 heteroatoms. The second kappa shape index (κ2) is 6.07. The number of rotatable bonds is 3. The second-order valence-corrected chi connectivity index (χ2v) is 7.30. The van der Waals surface area contributed by atoms with Crippen LogP contribution in [-0.4, -0.2) is 42.8 Å². The normalized spacial score (nSPS) is 31.8. The molecular weight excluding hydrogens is 264 g/mol. The van der Waals surface area contributed by atoms with E-state index in [1.165, 1.54) is 0 Å². The summed E-state index contributed by atoms with van der Waals surface area (Å²) in [7, 11) is 0. The fourth-order valence-corrected chi connectivity index (χ4v) is 4.24. The summed E-state index contributed by atoms with van der Waals surface area (Å²) in [6, 6.07) is 0. The first-order valence-electron chi connectivity index (χ1n) is 8.66. The van der Waals surface area contributed by atoms with Gasteiger partial charge in [0, 0.05) is 44.4 Å². The van der Waals surface area contributed by atoms with E-state index in [4.69, 9.17) is 0 Å². The van der Waals surface area contributed by atoms with E-state index in [1.54, 1.807) is 0 Å². The number of nitrogens with zero attached hydrogens (tertiary/aromatic N) is 1. The number of likely N-dealkylation sites (tertiary alicyclic amines) is 1. The van der Waals surface area contributed by atoms with Crippen molar-refractivity contribution in [3.63, 3.8) is 0 Å². The third-order valence-electron chi connectivity index (χ3n) is 6.02. The summed E-state index contributed by atoms with van der Waals surface area (Å²) in [5.74, 6) is 1.15. The number of amides is 1. The maximum Gasteiger partial charge on any atom is 0.225 e. The van der Waals surface area contributed by atoms with Gasteiger partial charge >= 0.3 is 0 Å². The largest absolute Gasteiger partial charge is 0.342 e. The van der Waals surface area contributed by atoms with Crippen molar-refractivity contribution in [1.29, 1.82) is 0 Å². The van der Waals surface area contributed by atoms with Gasteiger partial charge in [0.25, 0.3) is 0 Å². The predicted octanol–water partition coefficient (Wildman–Crippen LogP) is 1.98. The summed E-state index contributed by atoms with van der Waals surface area (Å²) < 4.78 is 0. The van der Waals surface area contributed by atoms with E-state index in [0.29, 0.717) is 23.5 Å². The zero-order valence-corrected chi connectivity index (χ0v) is 13.2. The highest BCUT2D eigenvalue weighted by Crippen LogP contribution is 2.37. The first-order valence-corrected chi connectivity index (χ1v) is 8.66. The van der Waals surface area contributed by atoms with Crippen LogP contribution in [-0.2, 0) is 9.59 Å². The average molecular weight is 292 g/mol. The van der Waals surface area contributed by atoms with Crippen LogP contribution in [0.1, 0.15) is 51.9 Å². The van der Waals surface area contributed by atoms with Gasteiger partial charge in [-0.1, -0.05) is 6.92 Å². The van der Waals surface area contributed by atoms with Crippen LogP contribution in [0.25, 0.3) is 0 Å². The van der Waals surface area contributed by atoms with Crippen LogP contribution < -0.4 is 5.32 Å². The molecule has 21 heavy (non-hydrogen) atoms. The Morgan fingerprint density at radius 3 is 2.10 bits per heavy atom. The third kappa shape index (κ3) is 3.01. The predicted molar refractivity (Wildman–Crippen MR) is 81.9 cm³/mol. The van der Waals surface area contributed by atoms with Crippen LogP contribution in [0, 0.1) is 17.3 Å². The van der Waals surface area contributed by atoms with E-state index in [9.17, 15) is 9.59 Å². The van der Waals surface area contributed by atoms with Crippen LogP contribution >= 0.6 is 0 Å². The molecule has 3 aliphatic rings. The third-order valence-corrected chi connectivity index (χ3v) is 6.02. The smallest absolute Gasteiger partial charge is 0.225 e. The standard InChI is InChI=1S/C17H28N2O2/c1-2-15(20)13-3-5-14(6-4-13)16(21)19-9-7-17(8-10-19)11-18-12-17/h13-14,18H,2-12H2,1H3.